The highest BCUT2D eigenvalue weighted by molar-refractivity contribution is 6.06. The van der Waals surface area contributed by atoms with Crippen molar-refractivity contribution in [2.24, 2.45) is 0 Å². The summed E-state index contributed by atoms with van der Waals surface area (Å²) in [7, 11) is 0. The molecule has 1 aromatic carbocycles. The van der Waals surface area contributed by atoms with Crippen LogP contribution in [0.1, 0.15) is 56.7 Å². The molecule has 4 heteroatoms. The molecule has 1 heterocycles. The Balaban J connectivity index is 2.20. The second-order valence-corrected chi connectivity index (χ2v) is 5.75. The van der Waals surface area contributed by atoms with Gasteiger partial charge in [-0.15, -0.1) is 0 Å². The Bertz CT molecular complexity index is 540. The molecule has 1 aliphatic heterocycles. The summed E-state index contributed by atoms with van der Waals surface area (Å²) in [6.45, 7) is 6.35. The summed E-state index contributed by atoms with van der Waals surface area (Å²) in [5.41, 5.74) is 2.97. The molecule has 0 saturated carbocycles. The van der Waals surface area contributed by atoms with Gasteiger partial charge in [-0.2, -0.15) is 0 Å². The number of rotatable bonds is 6. The molecule has 114 valence electrons. The number of carbonyl (C=O) groups is 2. The fraction of sp³-hybridized carbons (Fsp3) is 0.529. The van der Waals surface area contributed by atoms with Crippen LogP contribution in [0.5, 0.6) is 0 Å². The number of benzene rings is 1. The van der Waals surface area contributed by atoms with Gasteiger partial charge in [-0.3, -0.25) is 9.59 Å². The largest absolute Gasteiger partial charge is 0.341 e. The van der Waals surface area contributed by atoms with Crippen LogP contribution in [0.2, 0.25) is 0 Å². The standard InChI is InChI=1S/C17H24N2O2/c1-4-5-6-7-10-19-15-9-8-12(2)11-14(15)16(17(19)21)18-13(3)20/h8-9,11,16H,4-7,10H2,1-3H3,(H,18,20). The van der Waals surface area contributed by atoms with Crippen LogP contribution in [0.15, 0.2) is 18.2 Å². The Hall–Kier alpha value is -1.84. The number of anilines is 1. The van der Waals surface area contributed by atoms with Crippen molar-refractivity contribution in [2.45, 2.75) is 52.5 Å². The van der Waals surface area contributed by atoms with E-state index in [0.29, 0.717) is 0 Å². The highest BCUT2D eigenvalue weighted by Gasteiger charge is 2.37. The van der Waals surface area contributed by atoms with Crippen LogP contribution in [0.3, 0.4) is 0 Å². The van der Waals surface area contributed by atoms with Crippen LogP contribution in [0, 0.1) is 6.92 Å². The van der Waals surface area contributed by atoms with Crippen molar-refractivity contribution in [1.82, 2.24) is 5.32 Å². The van der Waals surface area contributed by atoms with E-state index in [1.54, 1.807) is 0 Å². The van der Waals surface area contributed by atoms with Crippen LogP contribution >= 0.6 is 0 Å². The third-order valence-corrected chi connectivity index (χ3v) is 3.88. The predicted molar refractivity (Wildman–Crippen MR) is 84.2 cm³/mol. The molecule has 0 saturated heterocycles. The van der Waals surface area contributed by atoms with Gasteiger partial charge >= 0.3 is 0 Å². The molecule has 2 amide bonds. The van der Waals surface area contributed by atoms with Gasteiger partial charge in [-0.1, -0.05) is 43.9 Å². The van der Waals surface area contributed by atoms with Crippen molar-refractivity contribution in [2.75, 3.05) is 11.4 Å². The summed E-state index contributed by atoms with van der Waals surface area (Å²) in [5, 5.41) is 2.78. The van der Waals surface area contributed by atoms with E-state index >= 15 is 0 Å². The molecule has 0 aliphatic carbocycles. The number of hydrogen-bond acceptors (Lipinski definition) is 2. The summed E-state index contributed by atoms with van der Waals surface area (Å²) < 4.78 is 0. The Morgan fingerprint density at radius 2 is 2.05 bits per heavy atom. The molecule has 0 spiro atoms. The maximum absolute atomic E-state index is 12.6. The number of amides is 2. The fourth-order valence-electron chi connectivity index (χ4n) is 2.83. The van der Waals surface area contributed by atoms with Crippen molar-refractivity contribution in [3.05, 3.63) is 29.3 Å². The minimum atomic E-state index is -0.524. The Kier molecular flexibility index (Phi) is 4.99. The number of fused-ring (bicyclic) bond motifs is 1. The Morgan fingerprint density at radius 3 is 2.71 bits per heavy atom. The smallest absolute Gasteiger partial charge is 0.254 e. The van der Waals surface area contributed by atoms with Gasteiger partial charge in [-0.25, -0.2) is 0 Å². The molecule has 1 atom stereocenters. The summed E-state index contributed by atoms with van der Waals surface area (Å²) in [5.74, 6) is -0.184. The van der Waals surface area contributed by atoms with E-state index in [9.17, 15) is 9.59 Å². The van der Waals surface area contributed by atoms with Crippen molar-refractivity contribution in [3.8, 4) is 0 Å². The van der Waals surface area contributed by atoms with Crippen molar-refractivity contribution in [3.63, 3.8) is 0 Å². The minimum Gasteiger partial charge on any atom is -0.341 e. The fourth-order valence-corrected chi connectivity index (χ4v) is 2.83. The van der Waals surface area contributed by atoms with Crippen LogP contribution in [-0.2, 0) is 9.59 Å². The third kappa shape index (κ3) is 3.43. The van der Waals surface area contributed by atoms with E-state index in [0.717, 1.165) is 36.2 Å². The average Bonchev–Trinajstić information content (AvgIpc) is 2.68. The molecule has 0 bridgehead atoms. The molecule has 4 nitrogen and oxygen atoms in total. The molecular formula is C17H24N2O2. The SMILES string of the molecule is CCCCCCN1C(=O)C(NC(C)=O)c2cc(C)ccc21. The molecular weight excluding hydrogens is 264 g/mol. The molecule has 0 fully saturated rings. The Morgan fingerprint density at radius 1 is 1.29 bits per heavy atom. The quantitative estimate of drug-likeness (QED) is 0.818. The van der Waals surface area contributed by atoms with E-state index in [2.05, 4.69) is 12.2 Å². The molecule has 0 aromatic heterocycles. The third-order valence-electron chi connectivity index (χ3n) is 3.88. The molecule has 1 aromatic rings. The van der Waals surface area contributed by atoms with Gasteiger partial charge in [-0.05, 0) is 19.4 Å². The zero-order chi connectivity index (χ0) is 15.4. The van der Waals surface area contributed by atoms with Crippen molar-refractivity contribution in [1.29, 1.82) is 0 Å². The van der Waals surface area contributed by atoms with E-state index < -0.39 is 6.04 Å². The molecule has 0 radical (unpaired) electrons. The maximum atomic E-state index is 12.6. The first kappa shape index (κ1) is 15.5. The zero-order valence-corrected chi connectivity index (χ0v) is 13.1. The lowest BCUT2D eigenvalue weighted by molar-refractivity contribution is -0.126. The Labute approximate surface area is 126 Å². The number of nitrogens with one attached hydrogen (secondary N) is 1. The van der Waals surface area contributed by atoms with Gasteiger partial charge in [0.05, 0.1) is 0 Å². The van der Waals surface area contributed by atoms with E-state index in [4.69, 9.17) is 0 Å². The van der Waals surface area contributed by atoms with Crippen molar-refractivity contribution < 1.29 is 9.59 Å². The van der Waals surface area contributed by atoms with Gasteiger partial charge < -0.3 is 10.2 Å². The average molecular weight is 288 g/mol. The lowest BCUT2D eigenvalue weighted by Gasteiger charge is -2.18. The predicted octanol–water partition coefficient (Wildman–Crippen LogP) is 3.10. The van der Waals surface area contributed by atoms with Crippen molar-refractivity contribution >= 4 is 17.5 Å². The lowest BCUT2D eigenvalue weighted by atomic mass is 10.1. The number of carbonyl (C=O) groups excluding carboxylic acids is 2. The monoisotopic (exact) mass is 288 g/mol. The minimum absolute atomic E-state index is 0.0118. The van der Waals surface area contributed by atoms with Gasteiger partial charge in [0.15, 0.2) is 0 Å². The first-order chi connectivity index (χ1) is 10.0. The van der Waals surface area contributed by atoms with Gasteiger partial charge in [0.25, 0.3) is 5.91 Å². The van der Waals surface area contributed by atoms with E-state index in [-0.39, 0.29) is 11.8 Å². The summed E-state index contributed by atoms with van der Waals surface area (Å²) in [6, 6.07) is 5.48. The van der Waals surface area contributed by atoms with E-state index in [1.807, 2.05) is 30.0 Å². The number of nitrogens with zero attached hydrogens (tertiary/aromatic N) is 1. The van der Waals surface area contributed by atoms with E-state index in [1.165, 1.54) is 19.8 Å². The number of aryl methyl sites for hydroxylation is 1. The number of hydrogen-bond donors (Lipinski definition) is 1. The second kappa shape index (κ2) is 6.74. The van der Waals surface area contributed by atoms with Crippen LogP contribution in [0.25, 0.3) is 0 Å². The second-order valence-electron chi connectivity index (χ2n) is 5.75. The molecule has 1 aliphatic rings. The summed E-state index contributed by atoms with van der Waals surface area (Å²) in [4.78, 5) is 25.8. The molecule has 1 N–H and O–H groups in total. The lowest BCUT2D eigenvalue weighted by Crippen LogP contribution is -2.37. The highest BCUT2D eigenvalue weighted by atomic mass is 16.2. The van der Waals surface area contributed by atoms with Crippen LogP contribution < -0.4 is 10.2 Å². The van der Waals surface area contributed by atoms with Crippen LogP contribution in [0.4, 0.5) is 5.69 Å². The normalized spacial score (nSPS) is 17.0. The van der Waals surface area contributed by atoms with Gasteiger partial charge in [0.2, 0.25) is 5.91 Å². The summed E-state index contributed by atoms with van der Waals surface area (Å²) >= 11 is 0. The summed E-state index contributed by atoms with van der Waals surface area (Å²) in [6.07, 6.45) is 4.50. The maximum Gasteiger partial charge on any atom is 0.254 e. The molecule has 2 rings (SSSR count). The van der Waals surface area contributed by atoms with Crippen LogP contribution in [-0.4, -0.2) is 18.4 Å². The number of unbranched alkanes of at least 4 members (excludes halogenated alkanes) is 3. The molecule has 21 heavy (non-hydrogen) atoms. The first-order valence-electron chi connectivity index (χ1n) is 7.73. The zero-order valence-electron chi connectivity index (χ0n) is 13.1. The molecule has 1 unspecified atom stereocenters. The first-order valence-corrected chi connectivity index (χ1v) is 7.73. The van der Waals surface area contributed by atoms with Gasteiger partial charge in [0, 0.05) is 24.7 Å². The highest BCUT2D eigenvalue weighted by Crippen LogP contribution is 2.36. The topological polar surface area (TPSA) is 49.4 Å². The van der Waals surface area contributed by atoms with Gasteiger partial charge in [0.1, 0.15) is 6.04 Å².